The predicted octanol–water partition coefficient (Wildman–Crippen LogP) is 3.78. The molecule has 0 fully saturated rings. The van der Waals surface area contributed by atoms with Crippen LogP contribution in [0, 0.1) is 13.8 Å². The molecule has 0 saturated heterocycles. The fraction of sp³-hybridized carbons (Fsp3) is 0.200. The first-order chi connectivity index (χ1) is 9.69. The smallest absolute Gasteiger partial charge is 0.306 e. The highest BCUT2D eigenvalue weighted by molar-refractivity contribution is 9.10. The Morgan fingerprint density at radius 3 is 2.24 bits per heavy atom. The molecule has 0 aliphatic heterocycles. The Bertz CT molecular complexity index is 780. The van der Waals surface area contributed by atoms with Crippen LogP contribution in [0.5, 0.6) is 11.5 Å². The quantitative estimate of drug-likeness (QED) is 0.835. The van der Waals surface area contributed by atoms with Crippen LogP contribution in [0.4, 0.5) is 0 Å². The van der Waals surface area contributed by atoms with Gasteiger partial charge in [-0.15, -0.1) is 0 Å². The first-order valence-corrected chi connectivity index (χ1v) is 8.78. The molecule has 0 aromatic heterocycles. The minimum atomic E-state index is -3.53. The lowest BCUT2D eigenvalue weighted by Gasteiger charge is -2.12. The number of phenols is 1. The largest absolute Gasteiger partial charge is 0.506 e. The number of benzene rings is 2. The minimum Gasteiger partial charge on any atom is -0.506 e. The average molecular weight is 371 g/mol. The van der Waals surface area contributed by atoms with E-state index < -0.39 is 10.1 Å². The maximum absolute atomic E-state index is 11.1. The minimum absolute atomic E-state index is 0.210. The zero-order valence-corrected chi connectivity index (χ0v) is 14.2. The van der Waals surface area contributed by atoms with E-state index in [1.165, 1.54) is 0 Å². The van der Waals surface area contributed by atoms with Crippen LogP contribution in [-0.4, -0.2) is 19.8 Å². The van der Waals surface area contributed by atoms with Gasteiger partial charge >= 0.3 is 10.1 Å². The highest BCUT2D eigenvalue weighted by Gasteiger charge is 2.12. The van der Waals surface area contributed by atoms with Gasteiger partial charge < -0.3 is 9.29 Å². The van der Waals surface area contributed by atoms with Crippen LogP contribution in [0.3, 0.4) is 0 Å². The summed E-state index contributed by atoms with van der Waals surface area (Å²) in [7, 11) is -3.53. The second-order valence-corrected chi connectivity index (χ2v) is 7.21. The van der Waals surface area contributed by atoms with Crippen molar-refractivity contribution in [2.45, 2.75) is 13.8 Å². The van der Waals surface area contributed by atoms with Crippen LogP contribution >= 0.6 is 15.9 Å². The Labute approximate surface area is 132 Å². The van der Waals surface area contributed by atoms with E-state index in [1.54, 1.807) is 24.3 Å². The number of aryl methyl sites for hydroxylation is 1. The van der Waals surface area contributed by atoms with Crippen molar-refractivity contribution in [3.05, 3.63) is 45.9 Å². The molecule has 112 valence electrons. The van der Waals surface area contributed by atoms with Gasteiger partial charge in [0.15, 0.2) is 0 Å². The van der Waals surface area contributed by atoms with Crippen molar-refractivity contribution < 1.29 is 17.7 Å². The fourth-order valence-corrected chi connectivity index (χ4v) is 2.90. The molecule has 0 spiro atoms. The topological polar surface area (TPSA) is 63.6 Å². The molecule has 2 rings (SSSR count). The van der Waals surface area contributed by atoms with Crippen molar-refractivity contribution in [1.29, 1.82) is 0 Å². The third-order valence-corrected chi connectivity index (χ3v) is 4.58. The van der Waals surface area contributed by atoms with Crippen molar-refractivity contribution in [3.8, 4) is 22.6 Å². The molecule has 0 heterocycles. The summed E-state index contributed by atoms with van der Waals surface area (Å²) < 4.78 is 27.6. The third-order valence-electron chi connectivity index (χ3n) is 3.09. The summed E-state index contributed by atoms with van der Waals surface area (Å²) in [4.78, 5) is 0. The Morgan fingerprint density at radius 1 is 1.14 bits per heavy atom. The lowest BCUT2D eigenvalue weighted by molar-refractivity contribution is 0.467. The van der Waals surface area contributed by atoms with Crippen molar-refractivity contribution in [3.63, 3.8) is 0 Å². The van der Waals surface area contributed by atoms with E-state index >= 15 is 0 Å². The van der Waals surface area contributed by atoms with E-state index in [2.05, 4.69) is 15.9 Å². The number of halogens is 1. The van der Waals surface area contributed by atoms with Crippen LogP contribution in [0.2, 0.25) is 0 Å². The summed E-state index contributed by atoms with van der Waals surface area (Å²) in [6.07, 6.45) is 1.00. The van der Waals surface area contributed by atoms with Gasteiger partial charge in [0, 0.05) is 0 Å². The van der Waals surface area contributed by atoms with Gasteiger partial charge in [-0.05, 0) is 70.2 Å². The summed E-state index contributed by atoms with van der Waals surface area (Å²) >= 11 is 3.34. The molecule has 1 N–H and O–H groups in total. The number of hydrogen-bond donors (Lipinski definition) is 1. The standard InChI is InChI=1S/C15H15BrO4S/c1-9-8-13(10(2)15(17)14(9)16)11-4-6-12(7-5-11)20-21(3,18)19/h4-8,17H,1-3H3. The van der Waals surface area contributed by atoms with Crippen molar-refractivity contribution in [1.82, 2.24) is 0 Å². The average Bonchev–Trinajstić information content (AvgIpc) is 2.40. The summed E-state index contributed by atoms with van der Waals surface area (Å²) in [6, 6.07) is 8.66. The van der Waals surface area contributed by atoms with Crippen LogP contribution in [0.25, 0.3) is 11.1 Å². The zero-order valence-electron chi connectivity index (χ0n) is 11.8. The monoisotopic (exact) mass is 370 g/mol. The van der Waals surface area contributed by atoms with E-state index in [9.17, 15) is 13.5 Å². The van der Waals surface area contributed by atoms with Gasteiger partial charge in [-0.25, -0.2) is 0 Å². The van der Waals surface area contributed by atoms with Crippen LogP contribution in [0.15, 0.2) is 34.8 Å². The van der Waals surface area contributed by atoms with Gasteiger partial charge in [0.2, 0.25) is 0 Å². The number of aromatic hydroxyl groups is 1. The predicted molar refractivity (Wildman–Crippen MR) is 86.2 cm³/mol. The number of rotatable bonds is 3. The SMILES string of the molecule is Cc1cc(-c2ccc(OS(C)(=O)=O)cc2)c(C)c(O)c1Br. The van der Waals surface area contributed by atoms with Gasteiger partial charge in [0.25, 0.3) is 0 Å². The number of phenolic OH excluding ortho intramolecular Hbond substituents is 1. The molecule has 0 atom stereocenters. The molecule has 0 radical (unpaired) electrons. The highest BCUT2D eigenvalue weighted by Crippen LogP contribution is 2.38. The molecule has 21 heavy (non-hydrogen) atoms. The van der Waals surface area contributed by atoms with Crippen LogP contribution in [0.1, 0.15) is 11.1 Å². The Hall–Kier alpha value is -1.53. The fourth-order valence-electron chi connectivity index (χ4n) is 2.03. The first-order valence-electron chi connectivity index (χ1n) is 6.17. The Balaban J connectivity index is 2.44. The molecule has 2 aromatic carbocycles. The summed E-state index contributed by atoms with van der Waals surface area (Å²) in [5.41, 5.74) is 3.44. The second kappa shape index (κ2) is 5.69. The van der Waals surface area contributed by atoms with Crippen molar-refractivity contribution in [2.24, 2.45) is 0 Å². The van der Waals surface area contributed by atoms with E-state index in [1.807, 2.05) is 19.9 Å². The van der Waals surface area contributed by atoms with Crippen molar-refractivity contribution >= 4 is 26.0 Å². The molecular formula is C15H15BrO4S. The molecule has 0 unspecified atom stereocenters. The molecule has 0 amide bonds. The number of hydrogen-bond acceptors (Lipinski definition) is 4. The molecule has 2 aromatic rings. The zero-order chi connectivity index (χ0) is 15.8. The molecule has 0 bridgehead atoms. The molecule has 0 saturated carbocycles. The lowest BCUT2D eigenvalue weighted by atomic mass is 9.97. The summed E-state index contributed by atoms with van der Waals surface area (Å²) in [6.45, 7) is 3.73. The lowest BCUT2D eigenvalue weighted by Crippen LogP contribution is -2.05. The van der Waals surface area contributed by atoms with E-state index in [4.69, 9.17) is 4.18 Å². The van der Waals surface area contributed by atoms with Crippen molar-refractivity contribution in [2.75, 3.05) is 6.26 Å². The summed E-state index contributed by atoms with van der Waals surface area (Å²) in [5.74, 6) is 0.471. The van der Waals surface area contributed by atoms with Gasteiger partial charge in [-0.2, -0.15) is 8.42 Å². The maximum Gasteiger partial charge on any atom is 0.306 e. The third kappa shape index (κ3) is 3.57. The van der Waals surface area contributed by atoms with E-state index in [0.29, 0.717) is 4.47 Å². The second-order valence-electron chi connectivity index (χ2n) is 4.84. The first kappa shape index (κ1) is 15.9. The van der Waals surface area contributed by atoms with E-state index in [0.717, 1.165) is 28.5 Å². The van der Waals surface area contributed by atoms with Gasteiger partial charge in [-0.3, -0.25) is 0 Å². The molecule has 6 heteroatoms. The summed E-state index contributed by atoms with van der Waals surface area (Å²) in [5, 5.41) is 10.1. The highest BCUT2D eigenvalue weighted by atomic mass is 79.9. The van der Waals surface area contributed by atoms with Gasteiger partial charge in [-0.1, -0.05) is 12.1 Å². The van der Waals surface area contributed by atoms with Gasteiger partial charge in [0.1, 0.15) is 11.5 Å². The Kier molecular flexibility index (Phi) is 4.30. The van der Waals surface area contributed by atoms with E-state index in [-0.39, 0.29) is 11.5 Å². The maximum atomic E-state index is 11.1. The van der Waals surface area contributed by atoms with Crippen LogP contribution < -0.4 is 4.18 Å². The normalized spacial score (nSPS) is 11.4. The molecular weight excluding hydrogens is 356 g/mol. The molecule has 0 aliphatic carbocycles. The molecule has 4 nitrogen and oxygen atoms in total. The van der Waals surface area contributed by atoms with Crippen LogP contribution in [-0.2, 0) is 10.1 Å². The Morgan fingerprint density at radius 2 is 1.71 bits per heavy atom. The molecule has 0 aliphatic rings. The van der Waals surface area contributed by atoms with Gasteiger partial charge in [0.05, 0.1) is 10.7 Å².